The standard InChI is InChI=1S/C16H28N2O/c1-3-9(2)15(17)16(19)18-14-8-10-7-13(14)12-6-4-5-11(10)12/h9-15H,3-8,17H2,1-2H3,(H,18,19). The Morgan fingerprint density at radius 2 is 2.00 bits per heavy atom. The fourth-order valence-corrected chi connectivity index (χ4v) is 5.03. The molecule has 108 valence electrons. The number of amides is 1. The number of nitrogens with two attached hydrogens (primary N) is 1. The summed E-state index contributed by atoms with van der Waals surface area (Å²) in [6.07, 6.45) is 7.80. The van der Waals surface area contributed by atoms with Gasteiger partial charge in [0.15, 0.2) is 0 Å². The summed E-state index contributed by atoms with van der Waals surface area (Å²) in [7, 11) is 0. The average Bonchev–Trinajstić information content (AvgIpc) is 3.08. The third-order valence-electron chi connectivity index (χ3n) is 6.32. The van der Waals surface area contributed by atoms with Crippen LogP contribution in [0.5, 0.6) is 0 Å². The van der Waals surface area contributed by atoms with Crippen molar-refractivity contribution in [3.63, 3.8) is 0 Å². The molecule has 0 aromatic rings. The molecule has 3 rings (SSSR count). The number of nitrogens with one attached hydrogen (secondary N) is 1. The molecular weight excluding hydrogens is 236 g/mol. The zero-order valence-corrected chi connectivity index (χ0v) is 12.3. The highest BCUT2D eigenvalue weighted by Crippen LogP contribution is 2.58. The Bertz CT molecular complexity index is 357. The molecular formula is C16H28N2O. The number of carbonyl (C=O) groups is 1. The zero-order valence-electron chi connectivity index (χ0n) is 12.3. The van der Waals surface area contributed by atoms with E-state index in [1.54, 1.807) is 0 Å². The van der Waals surface area contributed by atoms with Crippen LogP contribution in [0.2, 0.25) is 0 Å². The molecule has 19 heavy (non-hydrogen) atoms. The Morgan fingerprint density at radius 3 is 2.74 bits per heavy atom. The maximum Gasteiger partial charge on any atom is 0.237 e. The van der Waals surface area contributed by atoms with Crippen LogP contribution in [0, 0.1) is 29.6 Å². The molecule has 0 saturated heterocycles. The van der Waals surface area contributed by atoms with Gasteiger partial charge in [-0.2, -0.15) is 0 Å². The third-order valence-corrected chi connectivity index (χ3v) is 6.32. The summed E-state index contributed by atoms with van der Waals surface area (Å²) in [5, 5.41) is 3.27. The van der Waals surface area contributed by atoms with Gasteiger partial charge in [-0.05, 0) is 55.3 Å². The lowest BCUT2D eigenvalue weighted by Crippen LogP contribution is -2.51. The Balaban J connectivity index is 1.59. The van der Waals surface area contributed by atoms with Crippen LogP contribution in [0.15, 0.2) is 0 Å². The minimum absolute atomic E-state index is 0.0847. The molecule has 3 nitrogen and oxygen atoms in total. The summed E-state index contributed by atoms with van der Waals surface area (Å²) >= 11 is 0. The van der Waals surface area contributed by atoms with Crippen LogP contribution in [0.4, 0.5) is 0 Å². The van der Waals surface area contributed by atoms with Crippen molar-refractivity contribution in [2.75, 3.05) is 0 Å². The Hall–Kier alpha value is -0.570. The summed E-state index contributed by atoms with van der Waals surface area (Å²) < 4.78 is 0. The van der Waals surface area contributed by atoms with Gasteiger partial charge in [-0.1, -0.05) is 26.7 Å². The van der Waals surface area contributed by atoms with E-state index in [0.29, 0.717) is 6.04 Å². The molecule has 3 heteroatoms. The SMILES string of the molecule is CCC(C)C(N)C(=O)NC1CC2CC1C1CCCC21. The van der Waals surface area contributed by atoms with Gasteiger partial charge in [0.1, 0.15) is 0 Å². The van der Waals surface area contributed by atoms with Crippen molar-refractivity contribution in [1.82, 2.24) is 5.32 Å². The molecule has 3 saturated carbocycles. The molecule has 0 spiro atoms. The average molecular weight is 264 g/mol. The maximum atomic E-state index is 12.2. The Morgan fingerprint density at radius 1 is 1.26 bits per heavy atom. The van der Waals surface area contributed by atoms with Gasteiger partial charge in [0.25, 0.3) is 0 Å². The Labute approximate surface area is 116 Å². The first-order valence-corrected chi connectivity index (χ1v) is 8.17. The lowest BCUT2D eigenvalue weighted by Gasteiger charge is -2.33. The van der Waals surface area contributed by atoms with E-state index in [1.165, 1.54) is 32.1 Å². The van der Waals surface area contributed by atoms with Crippen LogP contribution in [-0.2, 0) is 4.79 Å². The van der Waals surface area contributed by atoms with Gasteiger partial charge in [-0.15, -0.1) is 0 Å². The van der Waals surface area contributed by atoms with Gasteiger partial charge in [0.2, 0.25) is 5.91 Å². The molecule has 0 radical (unpaired) electrons. The number of fused-ring (bicyclic) bond motifs is 5. The van der Waals surface area contributed by atoms with Crippen molar-refractivity contribution in [3.8, 4) is 0 Å². The summed E-state index contributed by atoms with van der Waals surface area (Å²) in [5.41, 5.74) is 6.04. The third kappa shape index (κ3) is 2.20. The van der Waals surface area contributed by atoms with Crippen molar-refractivity contribution >= 4 is 5.91 Å². The molecule has 7 atom stereocenters. The van der Waals surface area contributed by atoms with E-state index >= 15 is 0 Å². The zero-order chi connectivity index (χ0) is 13.6. The summed E-state index contributed by atoms with van der Waals surface area (Å²) in [6, 6.07) is 0.0930. The molecule has 0 aromatic heterocycles. The molecule has 3 fully saturated rings. The summed E-state index contributed by atoms with van der Waals surface area (Å²) in [6.45, 7) is 4.16. The van der Waals surface area contributed by atoms with Crippen molar-refractivity contribution in [2.45, 2.75) is 64.5 Å². The topological polar surface area (TPSA) is 55.1 Å². The normalized spacial score (nSPS) is 43.0. The fourth-order valence-electron chi connectivity index (χ4n) is 5.03. The van der Waals surface area contributed by atoms with Crippen molar-refractivity contribution < 1.29 is 4.79 Å². The van der Waals surface area contributed by atoms with E-state index in [0.717, 1.165) is 30.1 Å². The van der Waals surface area contributed by atoms with Crippen LogP contribution in [0.1, 0.15) is 52.4 Å². The summed E-state index contributed by atoms with van der Waals surface area (Å²) in [4.78, 5) is 12.2. The lowest BCUT2D eigenvalue weighted by atomic mass is 9.79. The number of rotatable bonds is 4. The van der Waals surface area contributed by atoms with E-state index in [9.17, 15) is 4.79 Å². The second kappa shape index (κ2) is 5.08. The number of hydrogen-bond acceptors (Lipinski definition) is 2. The minimum atomic E-state index is -0.330. The van der Waals surface area contributed by atoms with E-state index in [2.05, 4.69) is 19.2 Å². The van der Waals surface area contributed by atoms with Crippen molar-refractivity contribution in [3.05, 3.63) is 0 Å². The highest BCUT2D eigenvalue weighted by atomic mass is 16.2. The van der Waals surface area contributed by atoms with Gasteiger partial charge in [0.05, 0.1) is 6.04 Å². The van der Waals surface area contributed by atoms with Crippen molar-refractivity contribution in [1.29, 1.82) is 0 Å². The van der Waals surface area contributed by atoms with Crippen LogP contribution in [-0.4, -0.2) is 18.0 Å². The number of hydrogen-bond donors (Lipinski definition) is 2. The second-order valence-electron chi connectivity index (χ2n) is 7.18. The molecule has 1 amide bonds. The lowest BCUT2D eigenvalue weighted by molar-refractivity contribution is -0.124. The van der Waals surface area contributed by atoms with E-state index in [1.807, 2.05) is 0 Å². The van der Waals surface area contributed by atoms with E-state index in [4.69, 9.17) is 5.73 Å². The molecule has 0 aromatic carbocycles. The van der Waals surface area contributed by atoms with Gasteiger partial charge in [0, 0.05) is 6.04 Å². The van der Waals surface area contributed by atoms with Gasteiger partial charge >= 0.3 is 0 Å². The molecule has 7 unspecified atom stereocenters. The highest BCUT2D eigenvalue weighted by molar-refractivity contribution is 5.82. The van der Waals surface area contributed by atoms with E-state index < -0.39 is 0 Å². The quantitative estimate of drug-likeness (QED) is 0.818. The highest BCUT2D eigenvalue weighted by Gasteiger charge is 2.54. The van der Waals surface area contributed by atoms with Gasteiger partial charge in [-0.3, -0.25) is 4.79 Å². The van der Waals surface area contributed by atoms with Crippen LogP contribution in [0.3, 0.4) is 0 Å². The van der Waals surface area contributed by atoms with Gasteiger partial charge in [-0.25, -0.2) is 0 Å². The first kappa shape index (κ1) is 13.4. The largest absolute Gasteiger partial charge is 0.352 e. The van der Waals surface area contributed by atoms with Crippen LogP contribution >= 0.6 is 0 Å². The fraction of sp³-hybridized carbons (Fsp3) is 0.938. The first-order chi connectivity index (χ1) is 9.11. The monoisotopic (exact) mass is 264 g/mol. The molecule has 3 aliphatic rings. The summed E-state index contributed by atoms with van der Waals surface area (Å²) in [5.74, 6) is 3.90. The minimum Gasteiger partial charge on any atom is -0.352 e. The molecule has 3 aliphatic carbocycles. The molecule has 0 heterocycles. The first-order valence-electron chi connectivity index (χ1n) is 8.17. The number of carbonyl (C=O) groups excluding carboxylic acids is 1. The Kier molecular flexibility index (Phi) is 3.59. The van der Waals surface area contributed by atoms with E-state index in [-0.39, 0.29) is 17.9 Å². The van der Waals surface area contributed by atoms with Crippen LogP contribution < -0.4 is 11.1 Å². The predicted octanol–water partition coefficient (Wildman–Crippen LogP) is 2.30. The van der Waals surface area contributed by atoms with Crippen molar-refractivity contribution in [2.24, 2.45) is 35.3 Å². The molecule has 3 N–H and O–H groups in total. The van der Waals surface area contributed by atoms with Gasteiger partial charge < -0.3 is 11.1 Å². The van der Waals surface area contributed by atoms with Crippen LogP contribution in [0.25, 0.3) is 0 Å². The molecule has 2 bridgehead atoms. The smallest absolute Gasteiger partial charge is 0.237 e. The predicted molar refractivity (Wildman–Crippen MR) is 76.4 cm³/mol. The maximum absolute atomic E-state index is 12.2. The second-order valence-corrected chi connectivity index (χ2v) is 7.18. The molecule has 0 aliphatic heterocycles.